The molecule has 1 aromatic rings. The zero-order chi connectivity index (χ0) is 12.0. The van der Waals surface area contributed by atoms with Crippen LogP contribution in [0.25, 0.3) is 0 Å². The van der Waals surface area contributed by atoms with Gasteiger partial charge in [0, 0.05) is 6.61 Å². The van der Waals surface area contributed by atoms with Gasteiger partial charge in [-0.25, -0.2) is 9.18 Å². The summed E-state index contributed by atoms with van der Waals surface area (Å²) in [6.07, 6.45) is 0. The van der Waals surface area contributed by atoms with Crippen LogP contribution < -0.4 is 5.73 Å². The summed E-state index contributed by atoms with van der Waals surface area (Å²) in [4.78, 5) is 11.4. The van der Waals surface area contributed by atoms with Crippen LogP contribution in [0.2, 0.25) is 0 Å². The highest BCUT2D eigenvalue weighted by molar-refractivity contribution is 5.89. The van der Waals surface area contributed by atoms with Gasteiger partial charge in [-0.1, -0.05) is 0 Å². The summed E-state index contributed by atoms with van der Waals surface area (Å²) in [6, 6.07) is 3.80. The molecule has 2 N–H and O–H groups in total. The van der Waals surface area contributed by atoms with E-state index < -0.39 is 11.8 Å². The maximum absolute atomic E-state index is 13.0. The number of hydrogen-bond acceptors (Lipinski definition) is 4. The number of halogens is 1. The average molecular weight is 227 g/mol. The van der Waals surface area contributed by atoms with Crippen molar-refractivity contribution in [3.63, 3.8) is 0 Å². The zero-order valence-corrected chi connectivity index (χ0v) is 9.03. The summed E-state index contributed by atoms with van der Waals surface area (Å²) < 4.78 is 22.9. The molecule has 0 aliphatic rings. The maximum Gasteiger partial charge on any atom is 0.338 e. The van der Waals surface area contributed by atoms with E-state index in [1.807, 2.05) is 6.92 Å². The molecule has 0 amide bonds. The molecule has 5 heteroatoms. The van der Waals surface area contributed by atoms with Crippen molar-refractivity contribution in [2.75, 3.05) is 25.6 Å². The average Bonchev–Trinajstić information content (AvgIpc) is 2.28. The molecule has 0 saturated carbocycles. The van der Waals surface area contributed by atoms with Gasteiger partial charge < -0.3 is 15.2 Å². The summed E-state index contributed by atoms with van der Waals surface area (Å²) in [6.45, 7) is 2.89. The molecule has 0 fully saturated rings. The first-order chi connectivity index (χ1) is 7.65. The summed E-state index contributed by atoms with van der Waals surface area (Å²) in [5.74, 6) is -1.21. The minimum atomic E-state index is -0.626. The van der Waals surface area contributed by atoms with Crippen molar-refractivity contribution in [2.24, 2.45) is 0 Å². The molecule has 1 rings (SSSR count). The van der Waals surface area contributed by atoms with E-state index in [0.717, 1.165) is 6.07 Å². The number of nitrogens with two attached hydrogens (primary N) is 1. The molecular weight excluding hydrogens is 213 g/mol. The SMILES string of the molecule is CCOCCOC(=O)c1ccc(N)c(F)c1. The van der Waals surface area contributed by atoms with E-state index in [1.54, 1.807) is 0 Å². The van der Waals surface area contributed by atoms with E-state index in [2.05, 4.69) is 0 Å². The number of nitrogen functional groups attached to an aromatic ring is 1. The van der Waals surface area contributed by atoms with Gasteiger partial charge in [-0.15, -0.1) is 0 Å². The first kappa shape index (κ1) is 12.4. The quantitative estimate of drug-likeness (QED) is 0.471. The third kappa shape index (κ3) is 3.51. The summed E-state index contributed by atoms with van der Waals surface area (Å²) in [5.41, 5.74) is 5.43. The van der Waals surface area contributed by atoms with Crippen LogP contribution in [-0.4, -0.2) is 25.8 Å². The van der Waals surface area contributed by atoms with Crippen molar-refractivity contribution in [3.05, 3.63) is 29.6 Å². The van der Waals surface area contributed by atoms with E-state index in [4.69, 9.17) is 15.2 Å². The van der Waals surface area contributed by atoms with Crippen LogP contribution in [0, 0.1) is 5.82 Å². The number of carbonyl (C=O) groups is 1. The Bertz CT molecular complexity index is 368. The molecule has 0 radical (unpaired) electrons. The Balaban J connectivity index is 2.50. The zero-order valence-electron chi connectivity index (χ0n) is 9.03. The van der Waals surface area contributed by atoms with Crippen LogP contribution >= 0.6 is 0 Å². The van der Waals surface area contributed by atoms with Crippen LogP contribution in [0.15, 0.2) is 18.2 Å². The Morgan fingerprint density at radius 3 is 2.81 bits per heavy atom. The minimum absolute atomic E-state index is 0.00543. The molecule has 88 valence electrons. The fraction of sp³-hybridized carbons (Fsp3) is 0.364. The lowest BCUT2D eigenvalue weighted by atomic mass is 10.2. The minimum Gasteiger partial charge on any atom is -0.460 e. The van der Waals surface area contributed by atoms with Gasteiger partial charge in [0.15, 0.2) is 0 Å². The fourth-order valence-corrected chi connectivity index (χ4v) is 1.08. The first-order valence-corrected chi connectivity index (χ1v) is 4.95. The second kappa shape index (κ2) is 6.07. The number of hydrogen-bond donors (Lipinski definition) is 1. The molecule has 0 aliphatic carbocycles. The van der Waals surface area contributed by atoms with Crippen LogP contribution in [0.3, 0.4) is 0 Å². The van der Waals surface area contributed by atoms with Gasteiger partial charge in [-0.2, -0.15) is 0 Å². The number of benzene rings is 1. The van der Waals surface area contributed by atoms with Crippen molar-refractivity contribution in [1.82, 2.24) is 0 Å². The van der Waals surface area contributed by atoms with Crippen molar-refractivity contribution < 1.29 is 18.7 Å². The van der Waals surface area contributed by atoms with Gasteiger partial charge in [0.2, 0.25) is 0 Å². The smallest absolute Gasteiger partial charge is 0.338 e. The Morgan fingerprint density at radius 1 is 1.44 bits per heavy atom. The monoisotopic (exact) mass is 227 g/mol. The lowest BCUT2D eigenvalue weighted by Gasteiger charge is -2.05. The van der Waals surface area contributed by atoms with Crippen LogP contribution in [-0.2, 0) is 9.47 Å². The largest absolute Gasteiger partial charge is 0.460 e. The van der Waals surface area contributed by atoms with Crippen LogP contribution in [0.1, 0.15) is 17.3 Å². The summed E-state index contributed by atoms with van der Waals surface area (Å²) in [7, 11) is 0. The van der Waals surface area contributed by atoms with Gasteiger partial charge in [0.1, 0.15) is 12.4 Å². The summed E-state index contributed by atoms with van der Waals surface area (Å²) >= 11 is 0. The van der Waals surface area contributed by atoms with Crippen molar-refractivity contribution >= 4 is 11.7 Å². The predicted molar refractivity (Wildman–Crippen MR) is 57.6 cm³/mol. The first-order valence-electron chi connectivity index (χ1n) is 4.95. The van der Waals surface area contributed by atoms with Gasteiger partial charge in [-0.05, 0) is 25.1 Å². The van der Waals surface area contributed by atoms with E-state index >= 15 is 0 Å². The molecule has 0 aliphatic heterocycles. The predicted octanol–water partition coefficient (Wildman–Crippen LogP) is 1.60. The molecule has 0 unspecified atom stereocenters. The highest BCUT2D eigenvalue weighted by atomic mass is 19.1. The van der Waals surface area contributed by atoms with Crippen LogP contribution in [0.5, 0.6) is 0 Å². The highest BCUT2D eigenvalue weighted by Crippen LogP contribution is 2.12. The Hall–Kier alpha value is -1.62. The maximum atomic E-state index is 13.0. The third-order valence-corrected chi connectivity index (χ3v) is 1.90. The van der Waals surface area contributed by atoms with Gasteiger partial charge in [0.25, 0.3) is 0 Å². The van der Waals surface area contributed by atoms with E-state index in [9.17, 15) is 9.18 Å². The van der Waals surface area contributed by atoms with E-state index in [1.165, 1.54) is 12.1 Å². The summed E-state index contributed by atoms with van der Waals surface area (Å²) in [5, 5.41) is 0. The normalized spacial score (nSPS) is 10.1. The van der Waals surface area contributed by atoms with Crippen molar-refractivity contribution in [2.45, 2.75) is 6.92 Å². The van der Waals surface area contributed by atoms with Gasteiger partial charge in [0.05, 0.1) is 17.9 Å². The lowest BCUT2D eigenvalue weighted by Crippen LogP contribution is -2.11. The molecule has 0 saturated heterocycles. The molecule has 0 heterocycles. The fourth-order valence-electron chi connectivity index (χ4n) is 1.08. The Morgan fingerprint density at radius 2 is 2.19 bits per heavy atom. The standard InChI is InChI=1S/C11H14FNO3/c1-2-15-5-6-16-11(14)8-3-4-10(13)9(12)7-8/h3-4,7H,2,5-6,13H2,1H3. The van der Waals surface area contributed by atoms with E-state index in [-0.39, 0.29) is 17.9 Å². The topological polar surface area (TPSA) is 61.5 Å². The molecule has 0 spiro atoms. The molecule has 16 heavy (non-hydrogen) atoms. The van der Waals surface area contributed by atoms with Gasteiger partial charge >= 0.3 is 5.97 Å². The number of anilines is 1. The lowest BCUT2D eigenvalue weighted by molar-refractivity contribution is 0.0335. The van der Waals surface area contributed by atoms with Crippen LogP contribution in [0.4, 0.5) is 10.1 Å². The molecular formula is C11H14FNO3. The number of carbonyl (C=O) groups excluding carboxylic acids is 1. The molecule has 4 nitrogen and oxygen atoms in total. The molecule has 0 aromatic heterocycles. The number of esters is 1. The molecule has 0 bridgehead atoms. The number of rotatable bonds is 5. The van der Waals surface area contributed by atoms with Crippen molar-refractivity contribution in [1.29, 1.82) is 0 Å². The molecule has 1 aromatic carbocycles. The third-order valence-electron chi connectivity index (χ3n) is 1.90. The second-order valence-corrected chi connectivity index (χ2v) is 3.07. The van der Waals surface area contributed by atoms with E-state index in [0.29, 0.717) is 13.2 Å². The second-order valence-electron chi connectivity index (χ2n) is 3.07. The van der Waals surface area contributed by atoms with Gasteiger partial charge in [-0.3, -0.25) is 0 Å². The Kier molecular flexibility index (Phi) is 4.72. The highest BCUT2D eigenvalue weighted by Gasteiger charge is 2.09. The number of ether oxygens (including phenoxy) is 2. The van der Waals surface area contributed by atoms with Crippen molar-refractivity contribution in [3.8, 4) is 0 Å². The Labute approximate surface area is 93.2 Å². The molecule has 0 atom stereocenters.